The molecule has 0 unspecified atom stereocenters. The van der Waals surface area contributed by atoms with Crippen molar-refractivity contribution in [3.63, 3.8) is 0 Å². The summed E-state index contributed by atoms with van der Waals surface area (Å²) in [6.45, 7) is 5.17. The standard InChI is InChI=1S/C12H17N5O/c1-8-9(2)18-12(14-8)7-17-6-11(15-16-17)5-13-10-3-4-10/h6,10,13H,3-5,7H2,1-2H3. The van der Waals surface area contributed by atoms with Crippen molar-refractivity contribution in [1.29, 1.82) is 0 Å². The fourth-order valence-electron chi connectivity index (χ4n) is 1.78. The third kappa shape index (κ3) is 2.59. The number of hydrogen-bond donors (Lipinski definition) is 1. The first-order valence-corrected chi connectivity index (χ1v) is 6.26. The number of aryl methyl sites for hydroxylation is 2. The maximum atomic E-state index is 5.52. The molecule has 1 saturated carbocycles. The molecule has 2 aromatic rings. The van der Waals surface area contributed by atoms with Crippen LogP contribution in [0.25, 0.3) is 0 Å². The van der Waals surface area contributed by atoms with E-state index in [9.17, 15) is 0 Å². The van der Waals surface area contributed by atoms with Crippen molar-refractivity contribution in [2.75, 3.05) is 0 Å². The van der Waals surface area contributed by atoms with E-state index in [1.165, 1.54) is 12.8 Å². The molecule has 6 heteroatoms. The summed E-state index contributed by atoms with van der Waals surface area (Å²) in [5, 5.41) is 11.6. The molecule has 0 radical (unpaired) electrons. The first-order chi connectivity index (χ1) is 8.70. The normalized spacial score (nSPS) is 15.2. The van der Waals surface area contributed by atoms with E-state index in [1.807, 2.05) is 20.0 Å². The van der Waals surface area contributed by atoms with Gasteiger partial charge in [-0.15, -0.1) is 5.10 Å². The Balaban J connectivity index is 1.61. The zero-order chi connectivity index (χ0) is 12.5. The molecule has 0 bridgehead atoms. The van der Waals surface area contributed by atoms with E-state index in [0.717, 1.165) is 23.7 Å². The second-order valence-electron chi connectivity index (χ2n) is 4.81. The molecule has 1 N–H and O–H groups in total. The van der Waals surface area contributed by atoms with E-state index in [0.29, 0.717) is 18.5 Å². The molecular weight excluding hydrogens is 230 g/mol. The minimum absolute atomic E-state index is 0.533. The highest BCUT2D eigenvalue weighted by atomic mass is 16.4. The van der Waals surface area contributed by atoms with Gasteiger partial charge in [-0.2, -0.15) is 0 Å². The van der Waals surface area contributed by atoms with Crippen molar-refractivity contribution in [3.05, 3.63) is 29.2 Å². The second kappa shape index (κ2) is 4.53. The molecule has 0 aromatic carbocycles. The Bertz CT molecular complexity index is 521. The lowest BCUT2D eigenvalue weighted by Crippen LogP contribution is -2.15. The Kier molecular flexibility index (Phi) is 2.87. The Morgan fingerprint density at radius 2 is 2.28 bits per heavy atom. The van der Waals surface area contributed by atoms with Gasteiger partial charge < -0.3 is 9.73 Å². The number of rotatable bonds is 5. The summed E-state index contributed by atoms with van der Waals surface area (Å²) in [4.78, 5) is 4.33. The number of oxazole rings is 1. The minimum Gasteiger partial charge on any atom is -0.444 e. The molecule has 3 rings (SSSR count). The van der Waals surface area contributed by atoms with Gasteiger partial charge in [-0.1, -0.05) is 5.21 Å². The predicted octanol–water partition coefficient (Wildman–Crippen LogP) is 1.18. The number of nitrogens with zero attached hydrogens (tertiary/aromatic N) is 4. The minimum atomic E-state index is 0.533. The van der Waals surface area contributed by atoms with Gasteiger partial charge in [0.25, 0.3) is 0 Å². The van der Waals surface area contributed by atoms with Gasteiger partial charge >= 0.3 is 0 Å². The van der Waals surface area contributed by atoms with Gasteiger partial charge in [0.05, 0.1) is 17.6 Å². The van der Waals surface area contributed by atoms with Gasteiger partial charge in [0.1, 0.15) is 12.3 Å². The van der Waals surface area contributed by atoms with Crippen LogP contribution in [0.2, 0.25) is 0 Å². The van der Waals surface area contributed by atoms with Crippen molar-refractivity contribution in [3.8, 4) is 0 Å². The summed E-state index contributed by atoms with van der Waals surface area (Å²) in [5.74, 6) is 1.54. The summed E-state index contributed by atoms with van der Waals surface area (Å²) in [7, 11) is 0. The quantitative estimate of drug-likeness (QED) is 0.859. The van der Waals surface area contributed by atoms with Crippen molar-refractivity contribution >= 4 is 0 Å². The van der Waals surface area contributed by atoms with E-state index in [4.69, 9.17) is 4.42 Å². The lowest BCUT2D eigenvalue weighted by molar-refractivity contribution is 0.442. The number of hydrogen-bond acceptors (Lipinski definition) is 5. The molecule has 2 heterocycles. The number of nitrogens with one attached hydrogen (secondary N) is 1. The summed E-state index contributed by atoms with van der Waals surface area (Å²) < 4.78 is 7.28. The van der Waals surface area contributed by atoms with Crippen molar-refractivity contribution in [2.24, 2.45) is 0 Å². The van der Waals surface area contributed by atoms with Gasteiger partial charge in [-0.3, -0.25) is 0 Å². The lowest BCUT2D eigenvalue weighted by atomic mass is 10.4. The van der Waals surface area contributed by atoms with Crippen molar-refractivity contribution in [1.82, 2.24) is 25.3 Å². The highest BCUT2D eigenvalue weighted by Crippen LogP contribution is 2.18. The van der Waals surface area contributed by atoms with Crippen molar-refractivity contribution < 1.29 is 4.42 Å². The average Bonchev–Trinajstić information content (AvgIpc) is 2.98. The number of aromatic nitrogens is 4. The highest BCUT2D eigenvalue weighted by molar-refractivity contribution is 5.05. The fraction of sp³-hybridized carbons (Fsp3) is 0.583. The van der Waals surface area contributed by atoms with Crippen LogP contribution in [-0.4, -0.2) is 26.0 Å². The van der Waals surface area contributed by atoms with E-state index in [-0.39, 0.29) is 0 Å². The van der Waals surface area contributed by atoms with E-state index < -0.39 is 0 Å². The Morgan fingerprint density at radius 3 is 2.94 bits per heavy atom. The summed E-state index contributed by atoms with van der Waals surface area (Å²) in [6.07, 6.45) is 4.50. The van der Waals surface area contributed by atoms with Crippen LogP contribution in [-0.2, 0) is 13.1 Å². The van der Waals surface area contributed by atoms with Gasteiger partial charge in [0, 0.05) is 12.6 Å². The molecule has 0 atom stereocenters. The molecule has 2 aromatic heterocycles. The highest BCUT2D eigenvalue weighted by Gasteiger charge is 2.20. The fourth-order valence-corrected chi connectivity index (χ4v) is 1.78. The first-order valence-electron chi connectivity index (χ1n) is 6.26. The van der Waals surface area contributed by atoms with Crippen LogP contribution in [0.15, 0.2) is 10.6 Å². The van der Waals surface area contributed by atoms with Crippen LogP contribution < -0.4 is 5.32 Å². The SMILES string of the molecule is Cc1nc(Cn2cc(CNC3CC3)nn2)oc1C. The van der Waals surface area contributed by atoms with Crippen LogP contribution in [0.3, 0.4) is 0 Å². The molecule has 0 spiro atoms. The smallest absolute Gasteiger partial charge is 0.216 e. The van der Waals surface area contributed by atoms with Crippen molar-refractivity contribution in [2.45, 2.75) is 45.8 Å². The average molecular weight is 247 g/mol. The Morgan fingerprint density at radius 1 is 1.44 bits per heavy atom. The third-order valence-electron chi connectivity index (χ3n) is 3.11. The topological polar surface area (TPSA) is 68.8 Å². The largest absolute Gasteiger partial charge is 0.444 e. The maximum absolute atomic E-state index is 5.52. The van der Waals surface area contributed by atoms with Gasteiger partial charge in [0.2, 0.25) is 5.89 Å². The summed E-state index contributed by atoms with van der Waals surface area (Å²) >= 11 is 0. The van der Waals surface area contributed by atoms with Gasteiger partial charge in [-0.05, 0) is 26.7 Å². The van der Waals surface area contributed by atoms with Crippen LogP contribution in [0.4, 0.5) is 0 Å². The summed E-state index contributed by atoms with van der Waals surface area (Å²) in [5.41, 5.74) is 1.89. The van der Waals surface area contributed by atoms with Crippen LogP contribution in [0, 0.1) is 13.8 Å². The van der Waals surface area contributed by atoms with Crippen LogP contribution in [0.1, 0.15) is 35.9 Å². The molecule has 6 nitrogen and oxygen atoms in total. The zero-order valence-electron chi connectivity index (χ0n) is 10.7. The van der Waals surface area contributed by atoms with Gasteiger partial charge in [-0.25, -0.2) is 9.67 Å². The van der Waals surface area contributed by atoms with Crippen LogP contribution >= 0.6 is 0 Å². The third-order valence-corrected chi connectivity index (χ3v) is 3.11. The van der Waals surface area contributed by atoms with E-state index in [2.05, 4.69) is 20.6 Å². The molecule has 1 aliphatic carbocycles. The molecular formula is C12H17N5O. The molecule has 0 aliphatic heterocycles. The molecule has 1 fully saturated rings. The zero-order valence-corrected chi connectivity index (χ0v) is 10.7. The van der Waals surface area contributed by atoms with E-state index >= 15 is 0 Å². The monoisotopic (exact) mass is 247 g/mol. The Hall–Kier alpha value is -1.69. The van der Waals surface area contributed by atoms with Gasteiger partial charge in [0.15, 0.2) is 0 Å². The molecule has 1 aliphatic rings. The Labute approximate surface area is 105 Å². The lowest BCUT2D eigenvalue weighted by Gasteiger charge is -1.96. The molecule has 0 saturated heterocycles. The molecule has 96 valence electrons. The van der Waals surface area contributed by atoms with Crippen LogP contribution in [0.5, 0.6) is 0 Å². The molecule has 0 amide bonds. The van der Waals surface area contributed by atoms with E-state index in [1.54, 1.807) is 4.68 Å². The summed E-state index contributed by atoms with van der Waals surface area (Å²) in [6, 6.07) is 0.687. The predicted molar refractivity (Wildman–Crippen MR) is 65.0 cm³/mol. The molecule has 18 heavy (non-hydrogen) atoms. The maximum Gasteiger partial charge on any atom is 0.216 e. The first kappa shape index (κ1) is 11.4. The second-order valence-corrected chi connectivity index (χ2v) is 4.81.